The molecule has 13 heteroatoms. The molecular formula is C18H22N2O11. The lowest BCUT2D eigenvalue weighted by Crippen LogP contribution is -2.62. The molecule has 1 unspecified atom stereocenters. The van der Waals surface area contributed by atoms with Crippen molar-refractivity contribution >= 4 is 23.9 Å². The third-order valence-corrected chi connectivity index (χ3v) is 4.11. The summed E-state index contributed by atoms with van der Waals surface area (Å²) >= 11 is 0. The van der Waals surface area contributed by atoms with Crippen LogP contribution in [0, 0.1) is 0 Å². The molecule has 13 nitrogen and oxygen atoms in total. The Labute approximate surface area is 175 Å². The number of aromatic nitrogens is 2. The van der Waals surface area contributed by atoms with Crippen molar-refractivity contribution in [2.75, 3.05) is 6.61 Å². The second-order valence-corrected chi connectivity index (χ2v) is 6.58. The zero-order valence-corrected chi connectivity index (χ0v) is 17.2. The standard InChI is InChI=1S/C18H22N2O11/c1-8(21)27-7-12-14(28-9(2)22)15(29-10(3)23)16(30-11(4)24)17(31-12)20-13(25)5-6-19-18(20)26/h5-6,12,14-17H,7H2,1-4H3,(H,19,26)/t12-,14-,15+,16-,17?/m1/s1. The molecule has 0 aliphatic carbocycles. The van der Waals surface area contributed by atoms with Crippen molar-refractivity contribution in [2.45, 2.75) is 58.3 Å². The quantitative estimate of drug-likeness (QED) is 0.414. The molecule has 31 heavy (non-hydrogen) atoms. The summed E-state index contributed by atoms with van der Waals surface area (Å²) in [4.78, 5) is 73.5. The van der Waals surface area contributed by atoms with Gasteiger partial charge in [-0.25, -0.2) is 9.36 Å². The van der Waals surface area contributed by atoms with E-state index in [1.807, 2.05) is 0 Å². The first kappa shape index (κ1) is 23.8. The van der Waals surface area contributed by atoms with E-state index in [0.717, 1.165) is 40.0 Å². The molecule has 1 aromatic heterocycles. The van der Waals surface area contributed by atoms with Gasteiger partial charge in [-0.2, -0.15) is 0 Å². The van der Waals surface area contributed by atoms with Crippen LogP contribution in [0.4, 0.5) is 0 Å². The van der Waals surface area contributed by atoms with Gasteiger partial charge in [-0.3, -0.25) is 24.0 Å². The molecule has 1 aromatic rings. The maximum Gasteiger partial charge on any atom is 0.330 e. The molecule has 1 aliphatic rings. The van der Waals surface area contributed by atoms with Gasteiger partial charge < -0.3 is 28.7 Å². The summed E-state index contributed by atoms with van der Waals surface area (Å²) in [6.45, 7) is 3.83. The minimum atomic E-state index is -1.60. The minimum Gasteiger partial charge on any atom is -0.463 e. The monoisotopic (exact) mass is 442 g/mol. The first-order valence-corrected chi connectivity index (χ1v) is 9.12. The van der Waals surface area contributed by atoms with Gasteiger partial charge in [-0.1, -0.05) is 0 Å². The number of hydrogen-bond acceptors (Lipinski definition) is 11. The zero-order valence-electron chi connectivity index (χ0n) is 17.2. The van der Waals surface area contributed by atoms with Crippen molar-refractivity contribution in [3.8, 4) is 0 Å². The molecule has 1 saturated heterocycles. The number of carbonyl (C=O) groups excluding carboxylic acids is 4. The number of nitrogens with zero attached hydrogens (tertiary/aromatic N) is 1. The van der Waals surface area contributed by atoms with Crippen molar-refractivity contribution < 1.29 is 42.9 Å². The number of ether oxygens (including phenoxy) is 5. The molecule has 1 fully saturated rings. The molecule has 0 amide bonds. The summed E-state index contributed by atoms with van der Waals surface area (Å²) in [6.07, 6.45) is -6.21. The lowest BCUT2D eigenvalue weighted by atomic mass is 9.97. The van der Waals surface area contributed by atoms with Crippen molar-refractivity contribution in [1.29, 1.82) is 0 Å². The molecular weight excluding hydrogens is 420 g/mol. The third kappa shape index (κ3) is 6.01. The van der Waals surface area contributed by atoms with Crippen molar-refractivity contribution in [3.05, 3.63) is 33.1 Å². The SMILES string of the molecule is CC(=O)OC[C@H]1OC(n2c(=O)cc[nH]c2=O)[C@H](OC(C)=O)[C@@H](OC(C)=O)[C@@H]1OC(C)=O. The number of carbonyl (C=O) groups is 4. The van der Waals surface area contributed by atoms with Gasteiger partial charge in [-0.05, 0) is 0 Å². The van der Waals surface area contributed by atoms with Gasteiger partial charge in [0.25, 0.3) is 5.56 Å². The normalized spacial score (nSPS) is 25.2. The van der Waals surface area contributed by atoms with Crippen LogP contribution >= 0.6 is 0 Å². The van der Waals surface area contributed by atoms with Crippen LogP contribution in [0.15, 0.2) is 21.9 Å². The summed E-state index contributed by atoms with van der Waals surface area (Å²) in [5, 5.41) is 0. The van der Waals surface area contributed by atoms with E-state index in [-0.39, 0.29) is 0 Å². The first-order chi connectivity index (χ1) is 14.5. The Bertz CT molecular complexity index is 937. The van der Waals surface area contributed by atoms with Crippen LogP contribution in [0.5, 0.6) is 0 Å². The number of H-pyrrole nitrogens is 1. The van der Waals surface area contributed by atoms with E-state index >= 15 is 0 Å². The summed E-state index contributed by atoms with van der Waals surface area (Å²) < 4.78 is 26.9. The smallest absolute Gasteiger partial charge is 0.330 e. The van der Waals surface area contributed by atoms with E-state index in [1.54, 1.807) is 0 Å². The van der Waals surface area contributed by atoms with Crippen molar-refractivity contribution in [3.63, 3.8) is 0 Å². The van der Waals surface area contributed by atoms with E-state index in [1.165, 1.54) is 0 Å². The van der Waals surface area contributed by atoms with E-state index in [4.69, 9.17) is 23.7 Å². The fraction of sp³-hybridized carbons (Fsp3) is 0.556. The lowest BCUT2D eigenvalue weighted by molar-refractivity contribution is -0.269. The van der Waals surface area contributed by atoms with Crippen LogP contribution < -0.4 is 11.2 Å². The number of nitrogens with one attached hydrogen (secondary N) is 1. The van der Waals surface area contributed by atoms with Crippen LogP contribution in [-0.4, -0.2) is 64.5 Å². The molecule has 170 valence electrons. The van der Waals surface area contributed by atoms with Gasteiger partial charge in [0.1, 0.15) is 12.7 Å². The highest BCUT2D eigenvalue weighted by Crippen LogP contribution is 2.33. The fourth-order valence-electron chi connectivity index (χ4n) is 3.09. The minimum absolute atomic E-state index is 0.478. The molecule has 0 bridgehead atoms. The topological polar surface area (TPSA) is 169 Å². The Kier molecular flexibility index (Phi) is 7.69. The Morgan fingerprint density at radius 1 is 0.903 bits per heavy atom. The molecule has 2 rings (SSSR count). The highest BCUT2D eigenvalue weighted by atomic mass is 16.7. The lowest BCUT2D eigenvalue weighted by Gasteiger charge is -2.44. The van der Waals surface area contributed by atoms with Crippen LogP contribution in [0.25, 0.3) is 0 Å². The number of rotatable bonds is 6. The van der Waals surface area contributed by atoms with Crippen molar-refractivity contribution in [1.82, 2.24) is 9.55 Å². The molecule has 0 aromatic carbocycles. The molecule has 2 heterocycles. The summed E-state index contributed by atoms with van der Waals surface area (Å²) in [6, 6.07) is 1.02. The molecule has 0 radical (unpaired) electrons. The van der Waals surface area contributed by atoms with Crippen molar-refractivity contribution in [2.24, 2.45) is 0 Å². The maximum atomic E-state index is 12.4. The van der Waals surface area contributed by atoms with E-state index in [0.29, 0.717) is 4.57 Å². The largest absolute Gasteiger partial charge is 0.463 e. The number of esters is 4. The summed E-state index contributed by atoms with van der Waals surface area (Å²) in [5.41, 5.74) is -1.72. The fourth-order valence-corrected chi connectivity index (χ4v) is 3.09. The zero-order chi connectivity index (χ0) is 23.3. The molecule has 1 N–H and O–H groups in total. The summed E-state index contributed by atoms with van der Waals surface area (Å²) in [5.74, 6) is -3.17. The molecule has 0 saturated carbocycles. The second kappa shape index (κ2) is 10.0. The van der Waals surface area contributed by atoms with Gasteiger partial charge in [0.2, 0.25) is 0 Å². The van der Waals surface area contributed by atoms with Gasteiger partial charge in [0.15, 0.2) is 24.5 Å². The van der Waals surface area contributed by atoms with Gasteiger partial charge in [-0.15, -0.1) is 0 Å². The molecule has 5 atom stereocenters. The van der Waals surface area contributed by atoms with Gasteiger partial charge >= 0.3 is 29.6 Å². The first-order valence-electron chi connectivity index (χ1n) is 9.12. The number of hydrogen-bond donors (Lipinski definition) is 1. The predicted molar refractivity (Wildman–Crippen MR) is 98.5 cm³/mol. The average Bonchev–Trinajstić information content (AvgIpc) is 2.63. The summed E-state index contributed by atoms with van der Waals surface area (Å²) in [7, 11) is 0. The van der Waals surface area contributed by atoms with Gasteiger partial charge in [0.05, 0.1) is 0 Å². The Morgan fingerprint density at radius 2 is 1.45 bits per heavy atom. The second-order valence-electron chi connectivity index (χ2n) is 6.58. The average molecular weight is 442 g/mol. The van der Waals surface area contributed by atoms with Crippen LogP contribution in [0.3, 0.4) is 0 Å². The third-order valence-electron chi connectivity index (χ3n) is 4.11. The van der Waals surface area contributed by atoms with Gasteiger partial charge in [0, 0.05) is 40.0 Å². The Hall–Kier alpha value is -3.48. The number of aromatic amines is 1. The maximum absolute atomic E-state index is 12.4. The molecule has 1 aliphatic heterocycles. The Balaban J connectivity index is 2.64. The highest BCUT2D eigenvalue weighted by molar-refractivity contribution is 5.68. The highest BCUT2D eigenvalue weighted by Gasteiger charge is 2.53. The van der Waals surface area contributed by atoms with Crippen LogP contribution in [0.1, 0.15) is 33.9 Å². The van der Waals surface area contributed by atoms with E-state index < -0.39 is 72.4 Å². The van der Waals surface area contributed by atoms with Crippen LogP contribution in [-0.2, 0) is 42.9 Å². The molecule has 0 spiro atoms. The van der Waals surface area contributed by atoms with Crippen LogP contribution in [0.2, 0.25) is 0 Å². The van der Waals surface area contributed by atoms with E-state index in [9.17, 15) is 28.8 Å². The van der Waals surface area contributed by atoms with E-state index in [2.05, 4.69) is 4.98 Å². The Morgan fingerprint density at radius 3 is 1.97 bits per heavy atom. The predicted octanol–water partition coefficient (Wildman–Crippen LogP) is -1.21.